The molecule has 0 saturated carbocycles. The van der Waals surface area contributed by atoms with E-state index in [1.54, 1.807) is 37.3 Å². The number of benzene rings is 1. The topological polar surface area (TPSA) is 49.9 Å². The number of imide groups is 1. The van der Waals surface area contributed by atoms with Crippen LogP contribution in [0.3, 0.4) is 0 Å². The monoisotopic (exact) mass is 344 g/mol. The Morgan fingerprint density at radius 3 is 2.50 bits per heavy atom. The summed E-state index contributed by atoms with van der Waals surface area (Å²) in [6.07, 6.45) is -6.27. The van der Waals surface area contributed by atoms with E-state index in [1.165, 1.54) is 4.90 Å². The van der Waals surface area contributed by atoms with Crippen LogP contribution in [-0.2, 0) is 16.1 Å². The molecule has 0 aromatic heterocycles. The van der Waals surface area contributed by atoms with Crippen molar-refractivity contribution in [2.75, 3.05) is 19.7 Å². The van der Waals surface area contributed by atoms with Gasteiger partial charge in [0.2, 0.25) is 5.91 Å². The van der Waals surface area contributed by atoms with Gasteiger partial charge in [0.05, 0.1) is 13.0 Å². The van der Waals surface area contributed by atoms with Crippen LogP contribution in [0.4, 0.5) is 18.0 Å². The molecule has 1 unspecified atom stereocenters. The summed E-state index contributed by atoms with van der Waals surface area (Å²) in [5.41, 5.74) is 0.724. The van der Waals surface area contributed by atoms with Gasteiger partial charge in [0.15, 0.2) is 0 Å². The van der Waals surface area contributed by atoms with Gasteiger partial charge in [0.25, 0.3) is 0 Å². The lowest BCUT2D eigenvalue weighted by Crippen LogP contribution is -2.48. The molecule has 132 valence electrons. The fourth-order valence-electron chi connectivity index (χ4n) is 2.61. The second-order valence-corrected chi connectivity index (χ2v) is 5.47. The number of nitrogens with zero attached hydrogens (tertiary/aromatic N) is 2. The maximum absolute atomic E-state index is 13.5. The van der Waals surface area contributed by atoms with Crippen LogP contribution in [-0.4, -0.2) is 53.7 Å². The summed E-state index contributed by atoms with van der Waals surface area (Å²) in [6, 6.07) is 6.78. The molecule has 0 bridgehead atoms. The number of rotatable bonds is 6. The zero-order chi connectivity index (χ0) is 17.7. The number of cyclic esters (lactones) is 1. The number of hydrogen-bond acceptors (Lipinski definition) is 4. The molecule has 0 aliphatic carbocycles. The molecule has 2 amide bonds. The minimum absolute atomic E-state index is 0.00689. The summed E-state index contributed by atoms with van der Waals surface area (Å²) >= 11 is 0. The fourth-order valence-corrected chi connectivity index (χ4v) is 2.61. The Morgan fingerprint density at radius 2 is 2.00 bits per heavy atom. The van der Waals surface area contributed by atoms with E-state index in [1.807, 2.05) is 0 Å². The van der Waals surface area contributed by atoms with E-state index in [-0.39, 0.29) is 26.2 Å². The maximum Gasteiger partial charge on any atom is 0.416 e. The first-order chi connectivity index (χ1) is 11.3. The van der Waals surface area contributed by atoms with Gasteiger partial charge in [0, 0.05) is 6.54 Å². The molecule has 1 aliphatic rings. The van der Waals surface area contributed by atoms with Crippen molar-refractivity contribution in [2.24, 2.45) is 0 Å². The minimum Gasteiger partial charge on any atom is -0.447 e. The smallest absolute Gasteiger partial charge is 0.416 e. The molecular weight excluding hydrogens is 325 g/mol. The van der Waals surface area contributed by atoms with Crippen LogP contribution >= 0.6 is 0 Å². The number of halogens is 3. The van der Waals surface area contributed by atoms with E-state index < -0.39 is 30.6 Å². The van der Waals surface area contributed by atoms with Crippen LogP contribution in [0.15, 0.2) is 30.3 Å². The molecule has 5 nitrogen and oxygen atoms in total. The van der Waals surface area contributed by atoms with Gasteiger partial charge in [-0.15, -0.1) is 0 Å². The Balaban J connectivity index is 2.14. The summed E-state index contributed by atoms with van der Waals surface area (Å²) in [6.45, 7) is 1.81. The van der Waals surface area contributed by atoms with Gasteiger partial charge in [-0.1, -0.05) is 37.3 Å². The second-order valence-electron chi connectivity index (χ2n) is 5.47. The average Bonchev–Trinajstić information content (AvgIpc) is 2.96. The number of amides is 2. The van der Waals surface area contributed by atoms with Crippen LogP contribution in [0.5, 0.6) is 0 Å². The zero-order valence-electron chi connectivity index (χ0n) is 13.3. The molecule has 1 atom stereocenters. The minimum atomic E-state index is -4.58. The summed E-state index contributed by atoms with van der Waals surface area (Å²) < 4.78 is 45.0. The van der Waals surface area contributed by atoms with Crippen molar-refractivity contribution in [3.63, 3.8) is 0 Å². The van der Waals surface area contributed by atoms with Crippen molar-refractivity contribution in [3.05, 3.63) is 35.9 Å². The van der Waals surface area contributed by atoms with Crippen LogP contribution in [0.1, 0.15) is 18.9 Å². The highest BCUT2D eigenvalue weighted by Gasteiger charge is 2.45. The Bertz CT molecular complexity index is 578. The molecular formula is C16H19F3N2O3. The van der Waals surface area contributed by atoms with Crippen molar-refractivity contribution >= 4 is 12.0 Å². The molecule has 0 N–H and O–H groups in total. The van der Waals surface area contributed by atoms with Crippen molar-refractivity contribution < 1.29 is 27.5 Å². The van der Waals surface area contributed by atoms with Gasteiger partial charge in [0.1, 0.15) is 12.6 Å². The van der Waals surface area contributed by atoms with E-state index in [4.69, 9.17) is 0 Å². The summed E-state index contributed by atoms with van der Waals surface area (Å²) in [7, 11) is 0. The van der Waals surface area contributed by atoms with Gasteiger partial charge in [-0.25, -0.2) is 9.69 Å². The van der Waals surface area contributed by atoms with Crippen molar-refractivity contribution in [1.29, 1.82) is 0 Å². The van der Waals surface area contributed by atoms with E-state index in [0.717, 1.165) is 10.5 Å². The molecule has 8 heteroatoms. The molecule has 24 heavy (non-hydrogen) atoms. The highest BCUT2D eigenvalue weighted by molar-refractivity contribution is 5.93. The second kappa shape index (κ2) is 7.65. The SMILES string of the molecule is CCN(Cc1ccccc1)C(CC(=O)N1CCOC1=O)C(F)(F)F. The van der Waals surface area contributed by atoms with Crippen LogP contribution in [0, 0.1) is 0 Å². The van der Waals surface area contributed by atoms with E-state index in [0.29, 0.717) is 0 Å². The number of hydrogen-bond donors (Lipinski definition) is 0. The van der Waals surface area contributed by atoms with E-state index >= 15 is 0 Å². The average molecular weight is 344 g/mol. The molecule has 0 spiro atoms. The van der Waals surface area contributed by atoms with Gasteiger partial charge < -0.3 is 4.74 Å². The largest absolute Gasteiger partial charge is 0.447 e. The Kier molecular flexibility index (Phi) is 5.82. The van der Waals surface area contributed by atoms with Crippen molar-refractivity contribution in [3.8, 4) is 0 Å². The van der Waals surface area contributed by atoms with E-state index in [9.17, 15) is 22.8 Å². The zero-order valence-corrected chi connectivity index (χ0v) is 13.3. The quantitative estimate of drug-likeness (QED) is 0.796. The number of alkyl halides is 3. The number of ether oxygens (including phenoxy) is 1. The predicted molar refractivity (Wildman–Crippen MR) is 80.0 cm³/mol. The molecule has 0 radical (unpaired) electrons. The van der Waals surface area contributed by atoms with Crippen LogP contribution < -0.4 is 0 Å². The maximum atomic E-state index is 13.5. The molecule has 1 heterocycles. The highest BCUT2D eigenvalue weighted by Crippen LogP contribution is 2.29. The van der Waals surface area contributed by atoms with Crippen molar-refractivity contribution in [1.82, 2.24) is 9.80 Å². The lowest BCUT2D eigenvalue weighted by Gasteiger charge is -2.32. The first-order valence-electron chi connectivity index (χ1n) is 7.64. The third-order valence-electron chi connectivity index (χ3n) is 3.88. The number of carbonyl (C=O) groups is 2. The first-order valence-corrected chi connectivity index (χ1v) is 7.64. The number of carbonyl (C=O) groups excluding carboxylic acids is 2. The third-order valence-corrected chi connectivity index (χ3v) is 3.88. The van der Waals surface area contributed by atoms with Gasteiger partial charge in [-0.3, -0.25) is 9.69 Å². The summed E-state index contributed by atoms with van der Waals surface area (Å²) in [5.74, 6) is -0.869. The van der Waals surface area contributed by atoms with Crippen LogP contribution in [0.25, 0.3) is 0 Å². The molecule has 1 fully saturated rings. The normalized spacial score (nSPS) is 16.4. The molecule has 1 aromatic rings. The summed E-state index contributed by atoms with van der Waals surface area (Å²) in [5, 5.41) is 0. The summed E-state index contributed by atoms with van der Waals surface area (Å²) in [4.78, 5) is 25.4. The highest BCUT2D eigenvalue weighted by atomic mass is 19.4. The molecule has 1 saturated heterocycles. The Morgan fingerprint density at radius 1 is 1.33 bits per heavy atom. The Hall–Kier alpha value is -2.09. The van der Waals surface area contributed by atoms with E-state index in [2.05, 4.69) is 4.74 Å². The fraction of sp³-hybridized carbons (Fsp3) is 0.500. The lowest BCUT2D eigenvalue weighted by molar-refractivity contribution is -0.189. The van der Waals surface area contributed by atoms with Gasteiger partial charge >= 0.3 is 12.3 Å². The Labute approximate surface area is 138 Å². The molecule has 2 rings (SSSR count). The van der Waals surface area contributed by atoms with Gasteiger partial charge in [-0.05, 0) is 12.1 Å². The molecule has 1 aromatic carbocycles. The van der Waals surface area contributed by atoms with Crippen molar-refractivity contribution in [2.45, 2.75) is 32.1 Å². The predicted octanol–water partition coefficient (Wildman–Crippen LogP) is 2.81. The molecule has 1 aliphatic heterocycles. The standard InChI is InChI=1S/C16H19F3N2O3/c1-2-20(11-12-6-4-3-5-7-12)13(16(17,18)19)10-14(22)21-8-9-24-15(21)23/h3-7,13H,2,8-11H2,1H3. The van der Waals surface area contributed by atoms with Crippen LogP contribution in [0.2, 0.25) is 0 Å². The first kappa shape index (κ1) is 18.3. The third kappa shape index (κ3) is 4.47. The lowest BCUT2D eigenvalue weighted by atomic mass is 10.1. The van der Waals surface area contributed by atoms with Gasteiger partial charge in [-0.2, -0.15) is 13.2 Å².